The fourth-order valence-corrected chi connectivity index (χ4v) is 4.86. The quantitative estimate of drug-likeness (QED) is 0.484. The minimum absolute atomic E-state index is 0.0880. The smallest absolute Gasteiger partial charge is 0.123 e. The summed E-state index contributed by atoms with van der Waals surface area (Å²) in [7, 11) is 0. The summed E-state index contributed by atoms with van der Waals surface area (Å²) in [6.07, 6.45) is 0. The molecule has 4 aromatic rings. The summed E-state index contributed by atoms with van der Waals surface area (Å²) < 4.78 is 0. The van der Waals surface area contributed by atoms with Crippen LogP contribution in [-0.4, -0.2) is 5.11 Å². The second kappa shape index (κ2) is 6.78. The first-order chi connectivity index (χ1) is 13.8. The van der Waals surface area contributed by atoms with Gasteiger partial charge in [-0.15, -0.1) is 0 Å². The summed E-state index contributed by atoms with van der Waals surface area (Å²) >= 11 is 0. The van der Waals surface area contributed by atoms with Crippen LogP contribution in [0.15, 0.2) is 115 Å². The Balaban J connectivity index is 1.83. The van der Waals surface area contributed by atoms with Crippen LogP contribution in [0.5, 0.6) is 0 Å². The van der Waals surface area contributed by atoms with Crippen molar-refractivity contribution < 1.29 is 5.11 Å². The van der Waals surface area contributed by atoms with Crippen LogP contribution in [0.3, 0.4) is 0 Å². The van der Waals surface area contributed by atoms with Crippen molar-refractivity contribution in [2.75, 3.05) is 0 Å². The molecule has 0 saturated carbocycles. The van der Waals surface area contributed by atoms with E-state index in [1.807, 2.05) is 48.5 Å². The van der Waals surface area contributed by atoms with Crippen molar-refractivity contribution in [1.82, 2.24) is 0 Å². The molecular weight excluding hydrogens is 340 g/mol. The van der Waals surface area contributed by atoms with Gasteiger partial charge in [0.05, 0.1) is 0 Å². The molecule has 0 amide bonds. The first-order valence-corrected chi connectivity index (χ1v) is 9.77. The molecule has 0 unspecified atom stereocenters. The molecule has 28 heavy (non-hydrogen) atoms. The number of aliphatic hydroxyl groups is 1. The van der Waals surface area contributed by atoms with Gasteiger partial charge in [-0.25, -0.2) is 0 Å². The molecule has 5 rings (SSSR count). The second-order valence-corrected chi connectivity index (χ2v) is 7.50. The highest BCUT2D eigenvalue weighted by Crippen LogP contribution is 2.59. The lowest BCUT2D eigenvalue weighted by Gasteiger charge is -2.35. The fraction of sp³-hybridized carbons (Fsp3) is 0.111. The SMILES string of the molecule is O[C@@]1(c2ccccc2)c2ccccc2[C@H](c2ccccc2)[C@H]1c1ccccc1. The third-order valence-electron chi connectivity index (χ3n) is 6.02. The van der Waals surface area contributed by atoms with Crippen LogP contribution in [0.2, 0.25) is 0 Å². The van der Waals surface area contributed by atoms with E-state index in [1.165, 1.54) is 11.1 Å². The summed E-state index contributed by atoms with van der Waals surface area (Å²) in [5.74, 6) is -0.0130. The molecule has 1 N–H and O–H groups in total. The zero-order valence-electron chi connectivity index (χ0n) is 15.6. The number of rotatable bonds is 3. The standard InChI is InChI=1S/C27H22O/c28-27(22-16-8-3-9-17-22)24-19-11-10-18-23(24)25(20-12-4-1-5-13-20)26(27)21-14-6-2-7-15-21/h1-19,25-26,28H/t25-,26+,27-/m0/s1. The molecule has 1 aliphatic carbocycles. The van der Waals surface area contributed by atoms with E-state index in [2.05, 4.69) is 66.7 Å². The van der Waals surface area contributed by atoms with E-state index < -0.39 is 5.60 Å². The lowest BCUT2D eigenvalue weighted by atomic mass is 9.73. The summed E-state index contributed by atoms with van der Waals surface area (Å²) in [6, 6.07) is 39.5. The van der Waals surface area contributed by atoms with Gasteiger partial charge in [0.25, 0.3) is 0 Å². The Morgan fingerprint density at radius 2 is 1.04 bits per heavy atom. The van der Waals surface area contributed by atoms with Gasteiger partial charge in [-0.05, 0) is 27.8 Å². The summed E-state index contributed by atoms with van der Waals surface area (Å²) in [5.41, 5.74) is 4.45. The maximum atomic E-state index is 12.4. The van der Waals surface area contributed by atoms with E-state index in [0.717, 1.165) is 16.7 Å². The maximum Gasteiger partial charge on any atom is 0.123 e. The fourth-order valence-electron chi connectivity index (χ4n) is 4.86. The van der Waals surface area contributed by atoms with Crippen LogP contribution in [0.1, 0.15) is 39.7 Å². The van der Waals surface area contributed by atoms with Crippen LogP contribution in [0, 0.1) is 0 Å². The van der Waals surface area contributed by atoms with Gasteiger partial charge in [0.2, 0.25) is 0 Å². The highest BCUT2D eigenvalue weighted by Gasteiger charge is 2.53. The van der Waals surface area contributed by atoms with E-state index in [-0.39, 0.29) is 11.8 Å². The Labute approximate surface area is 165 Å². The zero-order valence-corrected chi connectivity index (χ0v) is 15.6. The monoisotopic (exact) mass is 362 g/mol. The van der Waals surface area contributed by atoms with Crippen molar-refractivity contribution in [3.63, 3.8) is 0 Å². The predicted octanol–water partition coefficient (Wildman–Crippen LogP) is 5.85. The van der Waals surface area contributed by atoms with Crippen molar-refractivity contribution in [1.29, 1.82) is 0 Å². The lowest BCUT2D eigenvalue weighted by molar-refractivity contribution is 0.0576. The molecule has 1 heteroatoms. The van der Waals surface area contributed by atoms with Crippen LogP contribution < -0.4 is 0 Å². The largest absolute Gasteiger partial charge is 0.380 e. The molecule has 136 valence electrons. The molecule has 0 radical (unpaired) electrons. The molecule has 0 bridgehead atoms. The molecule has 0 spiro atoms. The van der Waals surface area contributed by atoms with Gasteiger partial charge < -0.3 is 5.11 Å². The van der Waals surface area contributed by atoms with E-state index in [4.69, 9.17) is 0 Å². The van der Waals surface area contributed by atoms with Gasteiger partial charge in [0.15, 0.2) is 0 Å². The molecule has 0 aliphatic heterocycles. The highest BCUT2D eigenvalue weighted by atomic mass is 16.3. The normalized spacial score (nSPS) is 23.3. The zero-order chi connectivity index (χ0) is 19.0. The van der Waals surface area contributed by atoms with E-state index in [0.29, 0.717) is 0 Å². The van der Waals surface area contributed by atoms with Crippen LogP contribution >= 0.6 is 0 Å². The van der Waals surface area contributed by atoms with Gasteiger partial charge in [0, 0.05) is 11.8 Å². The molecule has 0 heterocycles. The van der Waals surface area contributed by atoms with E-state index in [9.17, 15) is 5.11 Å². The first kappa shape index (κ1) is 17.0. The van der Waals surface area contributed by atoms with Gasteiger partial charge >= 0.3 is 0 Å². The average Bonchev–Trinajstić information content (AvgIpc) is 3.06. The van der Waals surface area contributed by atoms with Gasteiger partial charge in [-0.1, -0.05) is 115 Å². The summed E-state index contributed by atoms with van der Waals surface area (Å²) in [5, 5.41) is 12.4. The maximum absolute atomic E-state index is 12.4. The highest BCUT2D eigenvalue weighted by molar-refractivity contribution is 5.57. The lowest BCUT2D eigenvalue weighted by Crippen LogP contribution is -2.32. The molecule has 1 aliphatic rings. The minimum atomic E-state index is -1.08. The van der Waals surface area contributed by atoms with E-state index >= 15 is 0 Å². The molecule has 4 aromatic carbocycles. The molecule has 0 fully saturated rings. The Kier molecular flexibility index (Phi) is 4.11. The number of fused-ring (bicyclic) bond motifs is 1. The molecular formula is C27H22O. The predicted molar refractivity (Wildman–Crippen MR) is 113 cm³/mol. The van der Waals surface area contributed by atoms with Crippen molar-refractivity contribution >= 4 is 0 Å². The van der Waals surface area contributed by atoms with Crippen LogP contribution in [0.25, 0.3) is 0 Å². The van der Waals surface area contributed by atoms with Crippen LogP contribution in [0.4, 0.5) is 0 Å². The Morgan fingerprint density at radius 1 is 0.536 bits per heavy atom. The molecule has 0 aromatic heterocycles. The molecule has 0 saturated heterocycles. The minimum Gasteiger partial charge on any atom is -0.380 e. The average molecular weight is 362 g/mol. The summed E-state index contributed by atoms with van der Waals surface area (Å²) in [4.78, 5) is 0. The van der Waals surface area contributed by atoms with Gasteiger partial charge in [-0.2, -0.15) is 0 Å². The number of hydrogen-bond acceptors (Lipinski definition) is 1. The molecule has 3 atom stereocenters. The number of hydrogen-bond donors (Lipinski definition) is 1. The molecule has 1 nitrogen and oxygen atoms in total. The Morgan fingerprint density at radius 3 is 1.68 bits per heavy atom. The Hall–Kier alpha value is -3.16. The first-order valence-electron chi connectivity index (χ1n) is 9.77. The second-order valence-electron chi connectivity index (χ2n) is 7.50. The third kappa shape index (κ3) is 2.51. The summed E-state index contributed by atoms with van der Waals surface area (Å²) in [6.45, 7) is 0. The van der Waals surface area contributed by atoms with E-state index in [1.54, 1.807) is 0 Å². The van der Waals surface area contributed by atoms with Crippen molar-refractivity contribution in [2.45, 2.75) is 17.4 Å². The number of benzene rings is 4. The van der Waals surface area contributed by atoms with Crippen molar-refractivity contribution in [3.05, 3.63) is 143 Å². The van der Waals surface area contributed by atoms with Crippen LogP contribution in [-0.2, 0) is 5.60 Å². The van der Waals surface area contributed by atoms with Crippen molar-refractivity contribution in [2.24, 2.45) is 0 Å². The van der Waals surface area contributed by atoms with Crippen molar-refractivity contribution in [3.8, 4) is 0 Å². The topological polar surface area (TPSA) is 20.2 Å². The third-order valence-corrected chi connectivity index (χ3v) is 6.02. The Bertz CT molecular complexity index is 1070. The van der Waals surface area contributed by atoms with Gasteiger partial charge in [0.1, 0.15) is 5.60 Å². The van der Waals surface area contributed by atoms with Gasteiger partial charge in [-0.3, -0.25) is 0 Å².